The average molecular weight is 296 g/mol. The Morgan fingerprint density at radius 2 is 2.35 bits per heavy atom. The number of carbonyl (C=O) groups is 1. The van der Waals surface area contributed by atoms with Gasteiger partial charge in [0.05, 0.1) is 11.2 Å². The van der Waals surface area contributed by atoms with Crippen molar-refractivity contribution in [1.29, 1.82) is 0 Å². The molecule has 7 nitrogen and oxygen atoms in total. The van der Waals surface area contributed by atoms with Crippen LogP contribution in [0, 0.1) is 0 Å². The van der Waals surface area contributed by atoms with Crippen molar-refractivity contribution in [3.05, 3.63) is 28.6 Å². The van der Waals surface area contributed by atoms with Gasteiger partial charge in [0, 0.05) is 13.0 Å². The molecule has 1 fully saturated rings. The molecular weight excluding hydrogens is 282 g/mol. The molecule has 0 unspecified atom stereocenters. The lowest BCUT2D eigenvalue weighted by Gasteiger charge is -2.09. The first kappa shape index (κ1) is 13.1. The number of hydrogen-bond donors (Lipinski definition) is 1. The smallest absolute Gasteiger partial charge is 0.271 e. The van der Waals surface area contributed by atoms with Gasteiger partial charge < -0.3 is 9.84 Å². The summed E-state index contributed by atoms with van der Waals surface area (Å²) in [4.78, 5) is 16.4. The minimum atomic E-state index is -0.381. The highest BCUT2D eigenvalue weighted by Gasteiger charge is 2.30. The van der Waals surface area contributed by atoms with Gasteiger partial charge in [-0.1, -0.05) is 16.8 Å². The lowest BCUT2D eigenvalue weighted by atomic mass is 10.3. The van der Waals surface area contributed by atoms with Crippen LogP contribution >= 0.6 is 11.6 Å². The molecule has 0 bridgehead atoms. The van der Waals surface area contributed by atoms with Gasteiger partial charge in [0.2, 0.25) is 5.89 Å². The second kappa shape index (κ2) is 4.90. The quantitative estimate of drug-likeness (QED) is 0.930. The van der Waals surface area contributed by atoms with Crippen LogP contribution < -0.4 is 5.32 Å². The van der Waals surface area contributed by atoms with Crippen molar-refractivity contribution in [3.63, 3.8) is 0 Å². The number of hydrogen-bond acceptors (Lipinski definition) is 5. The summed E-state index contributed by atoms with van der Waals surface area (Å²) >= 11 is 5.93. The Kier molecular flexibility index (Phi) is 3.21. The van der Waals surface area contributed by atoms with Gasteiger partial charge in [-0.2, -0.15) is 10.1 Å². The van der Waals surface area contributed by atoms with Crippen molar-refractivity contribution >= 4 is 17.5 Å². The van der Waals surface area contributed by atoms with E-state index in [1.807, 2.05) is 0 Å². The standard InChI is InChI=1S/C12H14ClN5O2/c1-6(12-16-10(17-20-12)7-3-4-7)15-11(19)9-8(13)5-14-18(9)2/h5-7H,3-4H2,1-2H3,(H,15,19)/t6-/m1/s1. The van der Waals surface area contributed by atoms with E-state index in [2.05, 4.69) is 20.6 Å². The molecule has 1 saturated carbocycles. The zero-order valence-electron chi connectivity index (χ0n) is 11.1. The molecule has 0 saturated heterocycles. The van der Waals surface area contributed by atoms with Crippen molar-refractivity contribution in [2.24, 2.45) is 7.05 Å². The van der Waals surface area contributed by atoms with Crippen LogP contribution in [0.25, 0.3) is 0 Å². The van der Waals surface area contributed by atoms with Crippen molar-refractivity contribution in [1.82, 2.24) is 25.2 Å². The summed E-state index contributed by atoms with van der Waals surface area (Å²) in [5, 5.41) is 10.9. The van der Waals surface area contributed by atoms with Crippen LogP contribution in [0.1, 0.15) is 53.9 Å². The maximum atomic E-state index is 12.1. The Morgan fingerprint density at radius 1 is 1.60 bits per heavy atom. The minimum Gasteiger partial charge on any atom is -0.339 e. The molecule has 1 N–H and O–H groups in total. The minimum absolute atomic E-state index is 0.306. The number of aromatic nitrogens is 4. The second-order valence-electron chi connectivity index (χ2n) is 4.92. The molecule has 2 aromatic rings. The van der Waals surface area contributed by atoms with Crippen LogP contribution in [0.2, 0.25) is 5.02 Å². The number of nitrogens with one attached hydrogen (secondary N) is 1. The zero-order valence-corrected chi connectivity index (χ0v) is 11.9. The predicted octanol–water partition coefficient (Wildman–Crippen LogP) is 1.82. The first-order chi connectivity index (χ1) is 9.56. The Morgan fingerprint density at radius 3 is 2.95 bits per heavy atom. The van der Waals surface area contributed by atoms with Gasteiger partial charge in [0.25, 0.3) is 5.91 Å². The summed E-state index contributed by atoms with van der Waals surface area (Å²) in [6, 6.07) is -0.381. The SMILES string of the molecule is C[C@@H](NC(=O)c1c(Cl)cnn1C)c1nc(C2CC2)no1. The lowest BCUT2D eigenvalue weighted by Crippen LogP contribution is -2.28. The van der Waals surface area contributed by atoms with Gasteiger partial charge in [-0.25, -0.2) is 0 Å². The summed E-state index contributed by atoms with van der Waals surface area (Å²) < 4.78 is 6.60. The molecule has 2 aromatic heterocycles. The lowest BCUT2D eigenvalue weighted by molar-refractivity contribution is 0.0923. The van der Waals surface area contributed by atoms with Gasteiger partial charge in [0.1, 0.15) is 11.7 Å². The topological polar surface area (TPSA) is 85.8 Å². The first-order valence-electron chi connectivity index (χ1n) is 6.38. The van der Waals surface area contributed by atoms with Crippen LogP contribution in [0.5, 0.6) is 0 Å². The average Bonchev–Trinajstić information content (AvgIpc) is 3.03. The summed E-state index contributed by atoms with van der Waals surface area (Å²) in [6.07, 6.45) is 3.63. The molecule has 8 heteroatoms. The summed E-state index contributed by atoms with van der Waals surface area (Å²) in [7, 11) is 1.66. The maximum absolute atomic E-state index is 12.1. The molecule has 20 heavy (non-hydrogen) atoms. The van der Waals surface area contributed by atoms with Crippen molar-refractivity contribution in [2.45, 2.75) is 31.7 Å². The van der Waals surface area contributed by atoms with Crippen LogP contribution in [-0.2, 0) is 7.05 Å². The molecule has 1 aliphatic carbocycles. The van der Waals surface area contributed by atoms with E-state index in [0.717, 1.165) is 18.7 Å². The fraction of sp³-hybridized carbons (Fsp3) is 0.500. The van der Waals surface area contributed by atoms with E-state index in [1.54, 1.807) is 14.0 Å². The third kappa shape index (κ3) is 2.40. The van der Waals surface area contributed by atoms with E-state index in [4.69, 9.17) is 16.1 Å². The van der Waals surface area contributed by atoms with Crippen LogP contribution in [0.15, 0.2) is 10.7 Å². The highest BCUT2D eigenvalue weighted by atomic mass is 35.5. The van der Waals surface area contributed by atoms with Gasteiger partial charge in [-0.15, -0.1) is 0 Å². The van der Waals surface area contributed by atoms with Crippen molar-refractivity contribution in [2.75, 3.05) is 0 Å². The number of nitrogens with zero attached hydrogens (tertiary/aromatic N) is 4. The molecule has 1 atom stereocenters. The van der Waals surface area contributed by atoms with E-state index in [1.165, 1.54) is 10.9 Å². The Bertz CT molecular complexity index is 627. The summed E-state index contributed by atoms with van der Waals surface area (Å²) in [5.41, 5.74) is 0.306. The van der Waals surface area contributed by atoms with Gasteiger partial charge in [0.15, 0.2) is 5.82 Å². The van der Waals surface area contributed by atoms with Crippen molar-refractivity contribution in [3.8, 4) is 0 Å². The number of halogens is 1. The molecule has 1 aliphatic rings. The van der Waals surface area contributed by atoms with Gasteiger partial charge in [-0.05, 0) is 19.8 Å². The van der Waals surface area contributed by atoms with Crippen LogP contribution in [0.3, 0.4) is 0 Å². The molecule has 106 valence electrons. The third-order valence-corrected chi connectivity index (χ3v) is 3.50. The number of rotatable bonds is 4. The molecule has 0 aromatic carbocycles. The van der Waals surface area contributed by atoms with E-state index in [9.17, 15) is 4.79 Å². The summed E-state index contributed by atoms with van der Waals surface area (Å²) in [5.74, 6) is 1.22. The fourth-order valence-corrected chi connectivity index (χ4v) is 2.18. The molecule has 3 rings (SSSR count). The predicted molar refractivity (Wildman–Crippen MR) is 70.4 cm³/mol. The number of aryl methyl sites for hydroxylation is 1. The highest BCUT2D eigenvalue weighted by Crippen LogP contribution is 2.38. The Hall–Kier alpha value is -1.89. The van der Waals surface area contributed by atoms with Gasteiger partial charge in [-0.3, -0.25) is 9.48 Å². The van der Waals surface area contributed by atoms with E-state index in [0.29, 0.717) is 22.5 Å². The molecule has 0 aliphatic heterocycles. The Balaban J connectivity index is 1.71. The molecular formula is C12H14ClN5O2. The highest BCUT2D eigenvalue weighted by molar-refractivity contribution is 6.33. The number of carbonyl (C=O) groups excluding carboxylic acids is 1. The van der Waals surface area contributed by atoms with Crippen molar-refractivity contribution < 1.29 is 9.32 Å². The largest absolute Gasteiger partial charge is 0.339 e. The maximum Gasteiger partial charge on any atom is 0.271 e. The zero-order chi connectivity index (χ0) is 14.3. The van der Waals surface area contributed by atoms with E-state index >= 15 is 0 Å². The monoisotopic (exact) mass is 295 g/mol. The molecule has 2 heterocycles. The molecule has 0 spiro atoms. The summed E-state index contributed by atoms with van der Waals surface area (Å²) in [6.45, 7) is 1.78. The van der Waals surface area contributed by atoms with Crippen LogP contribution in [0.4, 0.5) is 0 Å². The molecule has 1 amide bonds. The number of amides is 1. The normalized spacial score (nSPS) is 16.1. The Labute approximate surface area is 120 Å². The second-order valence-corrected chi connectivity index (χ2v) is 5.33. The van der Waals surface area contributed by atoms with E-state index < -0.39 is 0 Å². The first-order valence-corrected chi connectivity index (χ1v) is 6.76. The van der Waals surface area contributed by atoms with E-state index in [-0.39, 0.29) is 11.9 Å². The molecule has 0 radical (unpaired) electrons. The third-order valence-electron chi connectivity index (χ3n) is 3.23. The van der Waals surface area contributed by atoms with Gasteiger partial charge >= 0.3 is 0 Å². The van der Waals surface area contributed by atoms with Crippen LogP contribution in [-0.4, -0.2) is 25.8 Å². The fourth-order valence-electron chi connectivity index (χ4n) is 1.92.